The molecule has 20 heavy (non-hydrogen) atoms. The van der Waals surface area contributed by atoms with E-state index >= 15 is 0 Å². The molecule has 1 heterocycles. The monoisotopic (exact) mass is 278 g/mol. The molecule has 3 N–H and O–H groups in total. The molecule has 1 saturated heterocycles. The van der Waals surface area contributed by atoms with Crippen LogP contribution < -0.4 is 11.1 Å². The number of nitrogens with one attached hydrogen (secondary N) is 1. The predicted molar refractivity (Wildman–Crippen MR) is 76.0 cm³/mol. The van der Waals surface area contributed by atoms with E-state index in [0.29, 0.717) is 25.0 Å². The smallest absolute Gasteiger partial charge is 0.242 e. The Bertz CT molecular complexity index is 379. The standard InChI is InChI=1S/C16H26N2O2/c17-16(1-2-20-10-16)14(19)18-9-15-6-11-3-12(7-15)5-13(4-11)8-15/h11-13H,1-10,17H2,(H,18,19). The zero-order valence-electron chi connectivity index (χ0n) is 12.2. The van der Waals surface area contributed by atoms with Gasteiger partial charge in [-0.15, -0.1) is 0 Å². The summed E-state index contributed by atoms with van der Waals surface area (Å²) in [4.78, 5) is 12.3. The summed E-state index contributed by atoms with van der Waals surface area (Å²) in [6, 6.07) is 0. The predicted octanol–water partition coefficient (Wildman–Crippen LogP) is 1.44. The van der Waals surface area contributed by atoms with Gasteiger partial charge in [0.25, 0.3) is 0 Å². The molecule has 4 bridgehead atoms. The summed E-state index contributed by atoms with van der Waals surface area (Å²) in [5.41, 5.74) is 5.76. The molecule has 1 unspecified atom stereocenters. The van der Waals surface area contributed by atoms with Crippen LogP contribution in [-0.4, -0.2) is 31.2 Å². The fourth-order valence-corrected chi connectivity index (χ4v) is 5.71. The van der Waals surface area contributed by atoms with Gasteiger partial charge in [0.15, 0.2) is 0 Å². The SMILES string of the molecule is NC1(C(=O)NCC23CC4CC(CC(C4)C2)C3)CCOC1. The highest BCUT2D eigenvalue weighted by molar-refractivity contribution is 5.86. The lowest BCUT2D eigenvalue weighted by Gasteiger charge is -2.57. The van der Waals surface area contributed by atoms with Crippen LogP contribution in [0.15, 0.2) is 0 Å². The van der Waals surface area contributed by atoms with Gasteiger partial charge in [-0.25, -0.2) is 0 Å². The minimum atomic E-state index is -0.776. The van der Waals surface area contributed by atoms with Crippen molar-refractivity contribution < 1.29 is 9.53 Å². The first-order chi connectivity index (χ1) is 9.57. The molecular formula is C16H26N2O2. The average Bonchev–Trinajstić information content (AvgIpc) is 2.83. The van der Waals surface area contributed by atoms with Crippen molar-refractivity contribution in [2.75, 3.05) is 19.8 Å². The molecule has 4 heteroatoms. The maximum atomic E-state index is 12.3. The molecular weight excluding hydrogens is 252 g/mol. The molecule has 4 aliphatic carbocycles. The van der Waals surface area contributed by atoms with E-state index in [1.54, 1.807) is 0 Å². The Hall–Kier alpha value is -0.610. The van der Waals surface area contributed by atoms with Gasteiger partial charge in [0, 0.05) is 13.2 Å². The summed E-state index contributed by atoms with van der Waals surface area (Å²) in [6.07, 6.45) is 8.97. The minimum Gasteiger partial charge on any atom is -0.379 e. The van der Waals surface area contributed by atoms with Crippen molar-refractivity contribution in [3.63, 3.8) is 0 Å². The lowest BCUT2D eigenvalue weighted by Crippen LogP contribution is -2.58. The fourth-order valence-electron chi connectivity index (χ4n) is 5.71. The van der Waals surface area contributed by atoms with E-state index in [-0.39, 0.29) is 5.91 Å². The number of rotatable bonds is 3. The molecule has 1 atom stereocenters. The second kappa shape index (κ2) is 4.44. The number of hydrogen-bond donors (Lipinski definition) is 2. The quantitative estimate of drug-likeness (QED) is 0.821. The topological polar surface area (TPSA) is 64.4 Å². The second-order valence-electron chi connectivity index (χ2n) is 8.06. The third-order valence-electron chi connectivity index (χ3n) is 6.29. The summed E-state index contributed by atoms with van der Waals surface area (Å²) < 4.78 is 5.29. The van der Waals surface area contributed by atoms with Crippen molar-refractivity contribution in [1.82, 2.24) is 5.32 Å². The van der Waals surface area contributed by atoms with Crippen LogP contribution in [-0.2, 0) is 9.53 Å². The molecule has 112 valence electrons. The van der Waals surface area contributed by atoms with Crippen molar-refractivity contribution in [3.8, 4) is 0 Å². The van der Waals surface area contributed by atoms with Crippen molar-refractivity contribution in [3.05, 3.63) is 0 Å². The van der Waals surface area contributed by atoms with Crippen LogP contribution in [0.5, 0.6) is 0 Å². The molecule has 4 nitrogen and oxygen atoms in total. The Morgan fingerprint density at radius 1 is 1.15 bits per heavy atom. The van der Waals surface area contributed by atoms with Crippen LogP contribution in [0.4, 0.5) is 0 Å². The molecule has 1 aliphatic heterocycles. The largest absolute Gasteiger partial charge is 0.379 e. The Labute approximate surface area is 120 Å². The van der Waals surface area contributed by atoms with Crippen LogP contribution in [0.2, 0.25) is 0 Å². The van der Waals surface area contributed by atoms with Crippen LogP contribution in [0.25, 0.3) is 0 Å². The fraction of sp³-hybridized carbons (Fsp3) is 0.938. The summed E-state index contributed by atoms with van der Waals surface area (Å²) in [7, 11) is 0. The molecule has 0 radical (unpaired) electrons. The van der Waals surface area contributed by atoms with Gasteiger partial charge in [0.05, 0.1) is 6.61 Å². The van der Waals surface area contributed by atoms with Crippen LogP contribution >= 0.6 is 0 Å². The van der Waals surface area contributed by atoms with E-state index in [4.69, 9.17) is 10.5 Å². The second-order valence-corrected chi connectivity index (χ2v) is 8.06. The Kier molecular flexibility index (Phi) is 2.90. The zero-order chi connectivity index (χ0) is 13.8. The van der Waals surface area contributed by atoms with Crippen molar-refractivity contribution in [2.24, 2.45) is 28.9 Å². The number of ether oxygens (including phenoxy) is 1. The molecule has 5 rings (SSSR count). The number of nitrogens with two attached hydrogens (primary N) is 1. The zero-order valence-corrected chi connectivity index (χ0v) is 12.2. The molecule has 5 fully saturated rings. The van der Waals surface area contributed by atoms with Gasteiger partial charge in [-0.3, -0.25) is 4.79 Å². The highest BCUT2D eigenvalue weighted by Crippen LogP contribution is 2.59. The number of amides is 1. The molecule has 5 aliphatic rings. The third-order valence-corrected chi connectivity index (χ3v) is 6.29. The number of hydrogen-bond acceptors (Lipinski definition) is 3. The van der Waals surface area contributed by atoms with Gasteiger partial charge in [-0.2, -0.15) is 0 Å². The number of carbonyl (C=O) groups is 1. The lowest BCUT2D eigenvalue weighted by molar-refractivity contribution is -0.128. The van der Waals surface area contributed by atoms with Crippen LogP contribution in [0.1, 0.15) is 44.9 Å². The molecule has 1 amide bonds. The van der Waals surface area contributed by atoms with E-state index in [2.05, 4.69) is 5.32 Å². The summed E-state index contributed by atoms with van der Waals surface area (Å²) in [5.74, 6) is 2.80. The van der Waals surface area contributed by atoms with Crippen molar-refractivity contribution in [1.29, 1.82) is 0 Å². The summed E-state index contributed by atoms with van der Waals surface area (Å²) in [6.45, 7) is 1.83. The van der Waals surface area contributed by atoms with Gasteiger partial charge in [0.2, 0.25) is 5.91 Å². The van der Waals surface area contributed by atoms with Crippen LogP contribution in [0, 0.1) is 23.2 Å². The Morgan fingerprint density at radius 2 is 1.75 bits per heavy atom. The first-order valence-electron chi connectivity index (χ1n) is 8.22. The molecule has 0 aromatic carbocycles. The van der Waals surface area contributed by atoms with Gasteiger partial charge in [-0.1, -0.05) is 0 Å². The Balaban J connectivity index is 1.41. The molecule has 0 aromatic heterocycles. The first-order valence-corrected chi connectivity index (χ1v) is 8.22. The van der Waals surface area contributed by atoms with Gasteiger partial charge < -0.3 is 15.8 Å². The minimum absolute atomic E-state index is 0.00532. The van der Waals surface area contributed by atoms with Gasteiger partial charge >= 0.3 is 0 Å². The molecule has 4 saturated carbocycles. The molecule has 0 aromatic rings. The maximum absolute atomic E-state index is 12.3. The lowest BCUT2D eigenvalue weighted by atomic mass is 9.49. The van der Waals surface area contributed by atoms with Crippen molar-refractivity contribution >= 4 is 5.91 Å². The van der Waals surface area contributed by atoms with Crippen molar-refractivity contribution in [2.45, 2.75) is 50.5 Å². The first kappa shape index (κ1) is 13.1. The highest BCUT2D eigenvalue weighted by atomic mass is 16.5. The normalized spacial score (nSPS) is 49.5. The molecule has 0 spiro atoms. The van der Waals surface area contributed by atoms with Gasteiger partial charge in [-0.05, 0) is 68.1 Å². The Morgan fingerprint density at radius 3 is 2.25 bits per heavy atom. The summed E-state index contributed by atoms with van der Waals surface area (Å²) in [5, 5.41) is 3.18. The highest BCUT2D eigenvalue weighted by Gasteiger charge is 2.51. The van der Waals surface area contributed by atoms with E-state index in [1.165, 1.54) is 38.5 Å². The average molecular weight is 278 g/mol. The van der Waals surface area contributed by atoms with E-state index in [1.807, 2.05) is 0 Å². The van der Waals surface area contributed by atoms with E-state index < -0.39 is 5.54 Å². The number of carbonyl (C=O) groups excluding carboxylic acids is 1. The van der Waals surface area contributed by atoms with E-state index in [0.717, 1.165) is 24.3 Å². The van der Waals surface area contributed by atoms with E-state index in [9.17, 15) is 4.79 Å². The van der Waals surface area contributed by atoms with Crippen LogP contribution in [0.3, 0.4) is 0 Å². The summed E-state index contributed by atoms with van der Waals surface area (Å²) >= 11 is 0. The van der Waals surface area contributed by atoms with Gasteiger partial charge in [0.1, 0.15) is 5.54 Å². The third kappa shape index (κ3) is 2.08. The maximum Gasteiger partial charge on any atom is 0.242 e.